The first-order valence-corrected chi connectivity index (χ1v) is 12.1. The van der Waals surface area contributed by atoms with Gasteiger partial charge in [0.15, 0.2) is 0 Å². The largest absolute Gasteiger partial charge is 0.381 e. The van der Waals surface area contributed by atoms with E-state index in [4.69, 9.17) is 0 Å². The number of carbonyl (C=O) groups is 1. The standard InChI is InChI=1S/C23H27F3N2O4S/c1-14(24)33(31,32)27-19-10-11-28(22(29)23(2,3)30)20(19)13-16-7-5-9-18(21(16)26)15-6-4-8-17(25)12-15/h4-9,12,14,19-20,27,30H,10-11,13H2,1-3H3/t14?,19-,20-/m0/s1. The number of amides is 1. The fourth-order valence-electron chi connectivity index (χ4n) is 3.99. The molecule has 0 aliphatic carbocycles. The molecule has 1 heterocycles. The van der Waals surface area contributed by atoms with E-state index < -0.39 is 50.8 Å². The maximum absolute atomic E-state index is 15.4. The molecule has 0 saturated carbocycles. The van der Waals surface area contributed by atoms with E-state index in [9.17, 15) is 27.1 Å². The number of nitrogens with zero attached hydrogens (tertiary/aromatic N) is 1. The minimum atomic E-state index is -4.31. The Kier molecular flexibility index (Phi) is 7.21. The molecule has 6 nitrogen and oxygen atoms in total. The predicted molar refractivity (Wildman–Crippen MR) is 118 cm³/mol. The van der Waals surface area contributed by atoms with Crippen LogP contribution in [0.5, 0.6) is 0 Å². The summed E-state index contributed by atoms with van der Waals surface area (Å²) in [6.45, 7) is 3.60. The number of carbonyl (C=O) groups excluding carboxylic acids is 1. The van der Waals surface area contributed by atoms with Gasteiger partial charge >= 0.3 is 0 Å². The van der Waals surface area contributed by atoms with Gasteiger partial charge in [0.2, 0.25) is 15.5 Å². The molecule has 2 aromatic rings. The van der Waals surface area contributed by atoms with Crippen molar-refractivity contribution in [3.05, 3.63) is 59.7 Å². The molecule has 180 valence electrons. The van der Waals surface area contributed by atoms with Gasteiger partial charge in [0.1, 0.15) is 17.2 Å². The fraction of sp³-hybridized carbons (Fsp3) is 0.435. The summed E-state index contributed by atoms with van der Waals surface area (Å²) in [6, 6.07) is 8.28. The first-order valence-electron chi connectivity index (χ1n) is 10.5. The molecule has 3 rings (SSSR count). The zero-order valence-electron chi connectivity index (χ0n) is 18.6. The van der Waals surface area contributed by atoms with Gasteiger partial charge in [-0.05, 0) is 56.9 Å². The summed E-state index contributed by atoms with van der Waals surface area (Å²) in [5, 5.41) is 10.2. The van der Waals surface area contributed by atoms with Crippen molar-refractivity contribution in [3.63, 3.8) is 0 Å². The lowest BCUT2D eigenvalue weighted by Gasteiger charge is -2.32. The molecular formula is C23H27F3N2O4S. The Balaban J connectivity index is 1.98. The van der Waals surface area contributed by atoms with Gasteiger partial charge in [-0.2, -0.15) is 0 Å². The van der Waals surface area contributed by atoms with E-state index in [1.165, 1.54) is 49.1 Å². The summed E-state index contributed by atoms with van der Waals surface area (Å²) in [7, 11) is -4.31. The molecule has 0 aromatic heterocycles. The Hall–Kier alpha value is -2.43. The molecule has 3 atom stereocenters. The molecular weight excluding hydrogens is 457 g/mol. The predicted octanol–water partition coefficient (Wildman–Crippen LogP) is 3.15. The van der Waals surface area contributed by atoms with Crippen LogP contribution in [-0.2, 0) is 21.2 Å². The van der Waals surface area contributed by atoms with Gasteiger partial charge in [0, 0.05) is 18.2 Å². The monoisotopic (exact) mass is 484 g/mol. The molecule has 1 aliphatic heterocycles. The van der Waals surface area contributed by atoms with E-state index in [2.05, 4.69) is 4.72 Å². The number of hydrogen-bond acceptors (Lipinski definition) is 4. The number of alkyl halides is 1. The molecule has 1 amide bonds. The summed E-state index contributed by atoms with van der Waals surface area (Å²) in [5.41, 5.74) is -3.25. The molecule has 0 radical (unpaired) electrons. The highest BCUT2D eigenvalue weighted by Gasteiger charge is 2.43. The summed E-state index contributed by atoms with van der Waals surface area (Å²) < 4.78 is 69.3. The Bertz CT molecular complexity index is 1130. The highest BCUT2D eigenvalue weighted by Crippen LogP contribution is 2.30. The normalized spacial score (nSPS) is 20.2. The van der Waals surface area contributed by atoms with Gasteiger partial charge in [0.25, 0.3) is 5.91 Å². The molecule has 1 saturated heterocycles. The Morgan fingerprint density at radius 1 is 1.24 bits per heavy atom. The van der Waals surface area contributed by atoms with Gasteiger partial charge in [-0.1, -0.05) is 30.3 Å². The van der Waals surface area contributed by atoms with E-state index in [0.29, 0.717) is 5.56 Å². The van der Waals surface area contributed by atoms with Gasteiger partial charge in [0.05, 0.1) is 6.04 Å². The molecule has 0 bridgehead atoms. The van der Waals surface area contributed by atoms with Crippen LogP contribution >= 0.6 is 0 Å². The summed E-state index contributed by atoms with van der Waals surface area (Å²) in [6.07, 6.45) is 0.0777. The van der Waals surface area contributed by atoms with Gasteiger partial charge in [-0.25, -0.2) is 26.3 Å². The average Bonchev–Trinajstić information content (AvgIpc) is 3.09. The van der Waals surface area contributed by atoms with Crippen LogP contribution in [-0.4, -0.2) is 54.1 Å². The molecule has 2 N–H and O–H groups in total. The smallest absolute Gasteiger partial charge is 0.254 e. The van der Waals surface area contributed by atoms with Crippen LogP contribution in [0, 0.1) is 11.6 Å². The van der Waals surface area contributed by atoms with Gasteiger partial charge < -0.3 is 10.0 Å². The molecule has 33 heavy (non-hydrogen) atoms. The summed E-state index contributed by atoms with van der Waals surface area (Å²) >= 11 is 0. The molecule has 1 fully saturated rings. The minimum absolute atomic E-state index is 0.0926. The quantitative estimate of drug-likeness (QED) is 0.632. The maximum Gasteiger partial charge on any atom is 0.254 e. The number of nitrogens with one attached hydrogen (secondary N) is 1. The molecule has 1 unspecified atom stereocenters. The lowest BCUT2D eigenvalue weighted by Crippen LogP contribution is -2.53. The Labute approximate surface area is 191 Å². The number of halogens is 3. The van der Waals surface area contributed by atoms with Gasteiger partial charge in [-0.15, -0.1) is 0 Å². The van der Waals surface area contributed by atoms with E-state index in [1.54, 1.807) is 12.1 Å². The second kappa shape index (κ2) is 9.44. The van der Waals surface area contributed by atoms with Crippen LogP contribution in [0.25, 0.3) is 11.1 Å². The molecule has 0 spiro atoms. The lowest BCUT2D eigenvalue weighted by atomic mass is 9.95. The van der Waals surface area contributed by atoms with Crippen LogP contribution in [0.3, 0.4) is 0 Å². The number of likely N-dealkylation sites (tertiary alicyclic amines) is 1. The summed E-state index contributed by atoms with van der Waals surface area (Å²) in [5.74, 6) is -1.81. The average molecular weight is 485 g/mol. The van der Waals surface area contributed by atoms with E-state index in [1.807, 2.05) is 0 Å². The molecule has 2 aromatic carbocycles. The van der Waals surface area contributed by atoms with Crippen LogP contribution in [0.2, 0.25) is 0 Å². The highest BCUT2D eigenvalue weighted by atomic mass is 32.2. The lowest BCUT2D eigenvalue weighted by molar-refractivity contribution is -0.148. The number of sulfonamides is 1. The second-order valence-corrected chi connectivity index (χ2v) is 10.7. The highest BCUT2D eigenvalue weighted by molar-refractivity contribution is 7.89. The van der Waals surface area contributed by atoms with E-state index >= 15 is 4.39 Å². The van der Waals surface area contributed by atoms with Gasteiger partial charge in [-0.3, -0.25) is 4.79 Å². The van der Waals surface area contributed by atoms with Crippen LogP contribution in [0.1, 0.15) is 32.8 Å². The van der Waals surface area contributed by atoms with Crippen LogP contribution < -0.4 is 4.72 Å². The number of aliphatic hydroxyl groups is 1. The van der Waals surface area contributed by atoms with Crippen LogP contribution in [0.15, 0.2) is 42.5 Å². The first-order chi connectivity index (χ1) is 15.3. The molecule has 1 aliphatic rings. The van der Waals surface area contributed by atoms with Crippen molar-refractivity contribution in [3.8, 4) is 11.1 Å². The SMILES string of the molecule is CC(F)S(=O)(=O)N[C@H]1CCN(C(=O)C(C)(C)O)[C@H]1Cc1cccc(-c2cccc(F)c2)c1F. The van der Waals surface area contributed by atoms with Crippen molar-refractivity contribution in [2.75, 3.05) is 6.54 Å². The zero-order chi connectivity index (χ0) is 24.6. The zero-order valence-corrected chi connectivity index (χ0v) is 19.4. The fourth-order valence-corrected chi connectivity index (χ4v) is 4.88. The number of rotatable bonds is 7. The minimum Gasteiger partial charge on any atom is -0.381 e. The van der Waals surface area contributed by atoms with Crippen LogP contribution in [0.4, 0.5) is 13.2 Å². The Morgan fingerprint density at radius 3 is 2.52 bits per heavy atom. The third-order valence-electron chi connectivity index (χ3n) is 5.72. The third-order valence-corrected chi connectivity index (χ3v) is 7.20. The Morgan fingerprint density at radius 2 is 1.91 bits per heavy atom. The molecule has 10 heteroatoms. The van der Waals surface area contributed by atoms with E-state index in [-0.39, 0.29) is 30.5 Å². The number of hydrogen-bond donors (Lipinski definition) is 2. The second-order valence-electron chi connectivity index (χ2n) is 8.72. The maximum atomic E-state index is 15.4. The van der Waals surface area contributed by atoms with Crippen molar-refractivity contribution < 1.29 is 31.5 Å². The van der Waals surface area contributed by atoms with Crippen molar-refractivity contribution in [2.24, 2.45) is 0 Å². The van der Waals surface area contributed by atoms with Crippen molar-refractivity contribution in [1.82, 2.24) is 9.62 Å². The first kappa shape index (κ1) is 25.2. The van der Waals surface area contributed by atoms with Crippen molar-refractivity contribution >= 4 is 15.9 Å². The van der Waals surface area contributed by atoms with E-state index in [0.717, 1.165) is 6.92 Å². The van der Waals surface area contributed by atoms with Crippen molar-refractivity contribution in [2.45, 2.75) is 56.8 Å². The van der Waals surface area contributed by atoms with Crippen molar-refractivity contribution in [1.29, 1.82) is 0 Å². The number of benzene rings is 2. The summed E-state index contributed by atoms with van der Waals surface area (Å²) in [4.78, 5) is 14.1. The topological polar surface area (TPSA) is 86.7 Å². The third kappa shape index (κ3) is 5.56.